The number of hydrogen-bond donors (Lipinski definition) is 0. The molecule has 6 nitrogen and oxygen atoms in total. The van der Waals surface area contributed by atoms with Gasteiger partial charge in [-0.15, -0.1) is 0 Å². The lowest BCUT2D eigenvalue weighted by molar-refractivity contribution is -0.138. The van der Waals surface area contributed by atoms with Gasteiger partial charge in [0.25, 0.3) is 0 Å². The summed E-state index contributed by atoms with van der Waals surface area (Å²) in [5.41, 5.74) is 0. The van der Waals surface area contributed by atoms with Crippen molar-refractivity contribution in [1.29, 1.82) is 0 Å². The molecule has 1 aliphatic carbocycles. The number of nitrogens with zero attached hydrogens (tertiary/aromatic N) is 4. The number of hydrogen-bond acceptors (Lipinski definition) is 4. The number of carbonyl (C=O) groups is 1. The van der Waals surface area contributed by atoms with Gasteiger partial charge in [-0.3, -0.25) is 4.79 Å². The van der Waals surface area contributed by atoms with Crippen LogP contribution in [0.5, 0.6) is 0 Å². The third-order valence-electron chi connectivity index (χ3n) is 5.30. The van der Waals surface area contributed by atoms with E-state index in [0.29, 0.717) is 11.8 Å². The standard InChI is InChI=1S/C16H24N4O2/c21-16(13-2-1-3-13)19-7-4-14-17-15(18-20(14)9-8-19)12-5-10-22-11-6-12/h12-13H,1-11H2. The number of fused-ring (bicyclic) bond motifs is 1. The van der Waals surface area contributed by atoms with Gasteiger partial charge in [-0.25, -0.2) is 9.67 Å². The molecular weight excluding hydrogens is 280 g/mol. The van der Waals surface area contributed by atoms with E-state index in [1.165, 1.54) is 6.42 Å². The van der Waals surface area contributed by atoms with Crippen molar-refractivity contribution in [1.82, 2.24) is 19.7 Å². The Morgan fingerprint density at radius 3 is 2.64 bits per heavy atom. The van der Waals surface area contributed by atoms with Crippen LogP contribution in [0.4, 0.5) is 0 Å². The van der Waals surface area contributed by atoms with Crippen molar-refractivity contribution in [3.05, 3.63) is 11.6 Å². The van der Waals surface area contributed by atoms with Crippen molar-refractivity contribution in [2.24, 2.45) is 5.92 Å². The lowest BCUT2D eigenvalue weighted by Gasteiger charge is -2.30. The highest BCUT2D eigenvalue weighted by Crippen LogP contribution is 2.29. The summed E-state index contributed by atoms with van der Waals surface area (Å²) in [5.74, 6) is 3.11. The second-order valence-corrected chi connectivity index (χ2v) is 6.70. The average molecular weight is 304 g/mol. The van der Waals surface area contributed by atoms with Crippen LogP contribution >= 0.6 is 0 Å². The van der Waals surface area contributed by atoms with Crippen LogP contribution in [0, 0.1) is 5.92 Å². The zero-order valence-corrected chi connectivity index (χ0v) is 13.0. The molecule has 0 radical (unpaired) electrons. The van der Waals surface area contributed by atoms with Gasteiger partial charge in [0.05, 0.1) is 6.54 Å². The molecule has 0 bridgehead atoms. The molecule has 0 atom stereocenters. The third kappa shape index (κ3) is 2.64. The fourth-order valence-corrected chi connectivity index (χ4v) is 3.58. The Morgan fingerprint density at radius 1 is 1.09 bits per heavy atom. The zero-order valence-electron chi connectivity index (χ0n) is 13.0. The van der Waals surface area contributed by atoms with Crippen molar-refractivity contribution in [3.63, 3.8) is 0 Å². The molecule has 0 N–H and O–H groups in total. The molecule has 1 aromatic rings. The van der Waals surface area contributed by atoms with Crippen LogP contribution in [-0.4, -0.2) is 51.9 Å². The molecule has 1 aromatic heterocycles. The van der Waals surface area contributed by atoms with Crippen LogP contribution in [0.25, 0.3) is 0 Å². The minimum atomic E-state index is 0.288. The maximum absolute atomic E-state index is 12.4. The predicted octanol–water partition coefficient (Wildman–Crippen LogP) is 1.36. The van der Waals surface area contributed by atoms with E-state index < -0.39 is 0 Å². The lowest BCUT2D eigenvalue weighted by Crippen LogP contribution is -2.40. The first-order chi connectivity index (χ1) is 10.8. The van der Waals surface area contributed by atoms with Crippen molar-refractivity contribution in [3.8, 4) is 0 Å². The molecule has 4 rings (SSSR count). The largest absolute Gasteiger partial charge is 0.381 e. The van der Waals surface area contributed by atoms with Crippen molar-refractivity contribution < 1.29 is 9.53 Å². The van der Waals surface area contributed by atoms with Crippen LogP contribution in [0.1, 0.15) is 49.7 Å². The SMILES string of the molecule is O=C(C1CCC1)N1CCc2nc(C3CCOCC3)nn2CC1. The van der Waals surface area contributed by atoms with Gasteiger partial charge in [0.1, 0.15) is 5.82 Å². The average Bonchev–Trinajstić information content (AvgIpc) is 2.80. The minimum Gasteiger partial charge on any atom is -0.381 e. The van der Waals surface area contributed by atoms with Gasteiger partial charge in [0, 0.05) is 44.6 Å². The van der Waals surface area contributed by atoms with Crippen LogP contribution < -0.4 is 0 Å². The first-order valence-corrected chi connectivity index (χ1v) is 8.61. The minimum absolute atomic E-state index is 0.288. The molecule has 2 fully saturated rings. The molecule has 6 heteroatoms. The Labute approximate surface area is 130 Å². The highest BCUT2D eigenvalue weighted by molar-refractivity contribution is 5.79. The van der Waals surface area contributed by atoms with Gasteiger partial charge in [0.2, 0.25) is 5.91 Å². The summed E-state index contributed by atoms with van der Waals surface area (Å²) < 4.78 is 7.44. The Morgan fingerprint density at radius 2 is 1.91 bits per heavy atom. The number of amides is 1. The van der Waals surface area contributed by atoms with Gasteiger partial charge in [-0.05, 0) is 25.7 Å². The monoisotopic (exact) mass is 304 g/mol. The summed E-state index contributed by atoms with van der Waals surface area (Å²) >= 11 is 0. The normalized spacial score (nSPS) is 23.7. The van der Waals surface area contributed by atoms with Crippen molar-refractivity contribution in [2.75, 3.05) is 26.3 Å². The van der Waals surface area contributed by atoms with E-state index in [1.807, 2.05) is 9.58 Å². The fraction of sp³-hybridized carbons (Fsp3) is 0.812. The lowest BCUT2D eigenvalue weighted by atomic mass is 9.84. The summed E-state index contributed by atoms with van der Waals surface area (Å²) in [6, 6.07) is 0. The molecule has 1 saturated heterocycles. The molecule has 0 spiro atoms. The number of ether oxygens (including phenoxy) is 1. The van der Waals surface area contributed by atoms with E-state index in [2.05, 4.69) is 0 Å². The van der Waals surface area contributed by atoms with Gasteiger partial charge >= 0.3 is 0 Å². The summed E-state index contributed by atoms with van der Waals surface area (Å²) in [5, 5.41) is 4.72. The maximum Gasteiger partial charge on any atom is 0.225 e. The predicted molar refractivity (Wildman–Crippen MR) is 80.4 cm³/mol. The molecule has 1 saturated carbocycles. The molecule has 2 aliphatic heterocycles. The topological polar surface area (TPSA) is 60.3 Å². The number of carbonyl (C=O) groups excluding carboxylic acids is 1. The van der Waals surface area contributed by atoms with Crippen molar-refractivity contribution in [2.45, 2.75) is 51.0 Å². The van der Waals surface area contributed by atoms with E-state index in [-0.39, 0.29) is 5.92 Å². The number of rotatable bonds is 2. The Balaban J connectivity index is 1.42. The second kappa shape index (κ2) is 5.99. The molecular formula is C16H24N4O2. The van der Waals surface area contributed by atoms with Crippen LogP contribution in [0.2, 0.25) is 0 Å². The fourth-order valence-electron chi connectivity index (χ4n) is 3.58. The van der Waals surface area contributed by atoms with Crippen LogP contribution in [-0.2, 0) is 22.5 Å². The first kappa shape index (κ1) is 14.2. The molecule has 3 aliphatic rings. The highest BCUT2D eigenvalue weighted by Gasteiger charge is 2.31. The number of aromatic nitrogens is 3. The molecule has 0 unspecified atom stereocenters. The molecule has 1 amide bonds. The van der Waals surface area contributed by atoms with E-state index in [1.54, 1.807) is 0 Å². The highest BCUT2D eigenvalue weighted by atomic mass is 16.5. The molecule has 22 heavy (non-hydrogen) atoms. The van der Waals surface area contributed by atoms with Gasteiger partial charge < -0.3 is 9.64 Å². The maximum atomic E-state index is 12.4. The summed E-state index contributed by atoms with van der Waals surface area (Å²) in [4.78, 5) is 19.2. The quantitative estimate of drug-likeness (QED) is 0.827. The van der Waals surface area contributed by atoms with Gasteiger partial charge in [-0.1, -0.05) is 6.42 Å². The summed E-state index contributed by atoms with van der Waals surface area (Å²) in [7, 11) is 0. The third-order valence-corrected chi connectivity index (χ3v) is 5.30. The van der Waals surface area contributed by atoms with Crippen LogP contribution in [0.3, 0.4) is 0 Å². The smallest absolute Gasteiger partial charge is 0.225 e. The van der Waals surface area contributed by atoms with Gasteiger partial charge in [-0.2, -0.15) is 5.10 Å². The van der Waals surface area contributed by atoms with E-state index in [4.69, 9.17) is 14.8 Å². The Hall–Kier alpha value is -1.43. The Bertz CT molecular complexity index is 521. The first-order valence-electron chi connectivity index (χ1n) is 8.61. The molecule has 3 heterocycles. The van der Waals surface area contributed by atoms with Crippen molar-refractivity contribution >= 4 is 5.91 Å². The van der Waals surface area contributed by atoms with E-state index >= 15 is 0 Å². The summed E-state index contributed by atoms with van der Waals surface area (Å²) in [6.07, 6.45) is 6.24. The molecule has 120 valence electrons. The Kier molecular flexibility index (Phi) is 3.86. The van der Waals surface area contributed by atoms with Gasteiger partial charge in [0.15, 0.2) is 5.82 Å². The van der Waals surface area contributed by atoms with E-state index in [0.717, 1.165) is 76.6 Å². The molecule has 0 aromatic carbocycles. The second-order valence-electron chi connectivity index (χ2n) is 6.70. The van der Waals surface area contributed by atoms with E-state index in [9.17, 15) is 4.79 Å². The van der Waals surface area contributed by atoms with Crippen LogP contribution in [0.15, 0.2) is 0 Å². The zero-order chi connectivity index (χ0) is 14.9. The summed E-state index contributed by atoms with van der Waals surface area (Å²) in [6.45, 7) is 3.99.